The van der Waals surface area contributed by atoms with Gasteiger partial charge in [0.15, 0.2) is 0 Å². The number of ether oxygens (including phenoxy) is 1. The van der Waals surface area contributed by atoms with E-state index in [9.17, 15) is 9.18 Å². The first-order valence-electron chi connectivity index (χ1n) is 6.11. The predicted molar refractivity (Wildman–Crippen MR) is 73.6 cm³/mol. The van der Waals surface area contributed by atoms with Crippen LogP contribution < -0.4 is 16.2 Å². The van der Waals surface area contributed by atoms with Crippen molar-refractivity contribution in [3.8, 4) is 5.75 Å². The van der Waals surface area contributed by atoms with Gasteiger partial charge in [-0.1, -0.05) is 18.2 Å². The maximum atomic E-state index is 13.2. The van der Waals surface area contributed by atoms with Crippen molar-refractivity contribution in [1.82, 2.24) is 0 Å². The van der Waals surface area contributed by atoms with E-state index in [0.717, 1.165) is 5.56 Å². The molecule has 0 aliphatic heterocycles. The first kappa shape index (κ1) is 14.0. The van der Waals surface area contributed by atoms with Crippen LogP contribution in [0.25, 0.3) is 0 Å². The quantitative estimate of drug-likeness (QED) is 0.874. The molecule has 0 saturated heterocycles. The number of carbonyl (C=O) groups excluding carboxylic acids is 1. The highest BCUT2D eigenvalue weighted by atomic mass is 19.1. The number of amides is 1. The van der Waals surface area contributed by atoms with Gasteiger partial charge in [-0.3, -0.25) is 4.79 Å². The van der Waals surface area contributed by atoms with Crippen molar-refractivity contribution in [1.29, 1.82) is 0 Å². The Labute approximate surface area is 116 Å². The van der Waals surface area contributed by atoms with Gasteiger partial charge in [0.1, 0.15) is 18.2 Å². The lowest BCUT2D eigenvalue weighted by molar-refractivity contribution is 0.0996. The number of carbonyl (C=O) groups is 1. The molecule has 5 heteroatoms. The third kappa shape index (κ3) is 3.13. The second-order valence-electron chi connectivity index (χ2n) is 4.27. The SMILES string of the molecule is NCc1ccc(F)cc1COc1ccccc1C(N)=O. The Kier molecular flexibility index (Phi) is 4.32. The van der Waals surface area contributed by atoms with E-state index in [1.54, 1.807) is 30.3 Å². The molecule has 0 fully saturated rings. The Morgan fingerprint density at radius 3 is 2.60 bits per heavy atom. The maximum Gasteiger partial charge on any atom is 0.252 e. The maximum absolute atomic E-state index is 13.2. The second kappa shape index (κ2) is 6.16. The van der Waals surface area contributed by atoms with Crippen LogP contribution in [-0.2, 0) is 13.2 Å². The highest BCUT2D eigenvalue weighted by molar-refractivity contribution is 5.95. The smallest absolute Gasteiger partial charge is 0.252 e. The summed E-state index contributed by atoms with van der Waals surface area (Å²) in [4.78, 5) is 11.3. The molecule has 0 saturated carbocycles. The zero-order valence-corrected chi connectivity index (χ0v) is 10.8. The number of para-hydroxylation sites is 1. The largest absolute Gasteiger partial charge is 0.488 e. The Morgan fingerprint density at radius 1 is 1.15 bits per heavy atom. The fourth-order valence-electron chi connectivity index (χ4n) is 1.88. The summed E-state index contributed by atoms with van der Waals surface area (Å²) in [7, 11) is 0. The molecular weight excluding hydrogens is 259 g/mol. The average molecular weight is 274 g/mol. The number of nitrogens with two attached hydrogens (primary N) is 2. The van der Waals surface area contributed by atoms with Crippen molar-refractivity contribution in [2.45, 2.75) is 13.2 Å². The molecule has 2 rings (SSSR count). The molecule has 0 radical (unpaired) electrons. The summed E-state index contributed by atoms with van der Waals surface area (Å²) >= 11 is 0. The molecule has 4 N–H and O–H groups in total. The molecule has 0 aliphatic rings. The normalized spacial score (nSPS) is 10.3. The molecule has 1 amide bonds. The van der Waals surface area contributed by atoms with E-state index in [0.29, 0.717) is 16.9 Å². The lowest BCUT2D eigenvalue weighted by Gasteiger charge is -2.12. The lowest BCUT2D eigenvalue weighted by atomic mass is 10.1. The second-order valence-corrected chi connectivity index (χ2v) is 4.27. The third-order valence-electron chi connectivity index (χ3n) is 2.92. The van der Waals surface area contributed by atoms with Gasteiger partial charge in [-0.25, -0.2) is 4.39 Å². The van der Waals surface area contributed by atoms with Crippen molar-refractivity contribution in [2.75, 3.05) is 0 Å². The highest BCUT2D eigenvalue weighted by Crippen LogP contribution is 2.20. The minimum Gasteiger partial charge on any atom is -0.488 e. The van der Waals surface area contributed by atoms with E-state index in [1.165, 1.54) is 12.1 Å². The van der Waals surface area contributed by atoms with E-state index in [1.807, 2.05) is 0 Å². The number of primary amides is 1. The Bertz CT molecular complexity index is 629. The van der Waals surface area contributed by atoms with Crippen molar-refractivity contribution in [2.24, 2.45) is 11.5 Å². The molecule has 0 heterocycles. The number of hydrogen-bond donors (Lipinski definition) is 2. The molecule has 2 aromatic rings. The molecule has 0 aliphatic carbocycles. The summed E-state index contributed by atoms with van der Waals surface area (Å²) in [5.74, 6) is -0.560. The standard InChI is InChI=1S/C15H15FN2O2/c16-12-6-5-10(8-17)11(7-12)9-20-14-4-2-1-3-13(14)15(18)19/h1-7H,8-9,17H2,(H2,18,19). The number of rotatable bonds is 5. The highest BCUT2D eigenvalue weighted by Gasteiger charge is 2.10. The molecule has 0 spiro atoms. The summed E-state index contributed by atoms with van der Waals surface area (Å²) < 4.78 is 18.8. The third-order valence-corrected chi connectivity index (χ3v) is 2.92. The fraction of sp³-hybridized carbons (Fsp3) is 0.133. The van der Waals surface area contributed by atoms with Gasteiger partial charge in [-0.05, 0) is 35.4 Å². The molecule has 0 bridgehead atoms. The van der Waals surface area contributed by atoms with Gasteiger partial charge in [0.2, 0.25) is 0 Å². The summed E-state index contributed by atoms with van der Waals surface area (Å²) in [6.45, 7) is 0.408. The minimum atomic E-state index is -0.570. The van der Waals surface area contributed by atoms with Crippen LogP contribution in [0.2, 0.25) is 0 Å². The zero-order chi connectivity index (χ0) is 14.5. The zero-order valence-electron chi connectivity index (χ0n) is 10.8. The van der Waals surface area contributed by atoms with Gasteiger partial charge < -0.3 is 16.2 Å². The van der Waals surface area contributed by atoms with Gasteiger partial charge in [-0.15, -0.1) is 0 Å². The van der Waals surface area contributed by atoms with Crippen molar-refractivity contribution < 1.29 is 13.9 Å². The molecule has 104 valence electrons. The monoisotopic (exact) mass is 274 g/mol. The van der Waals surface area contributed by atoms with E-state index in [2.05, 4.69) is 0 Å². The molecule has 0 unspecified atom stereocenters. The fourth-order valence-corrected chi connectivity index (χ4v) is 1.88. The van der Waals surface area contributed by atoms with Crippen LogP contribution in [0.5, 0.6) is 5.75 Å². The molecular formula is C15H15FN2O2. The molecule has 4 nitrogen and oxygen atoms in total. The molecule has 0 atom stereocenters. The van der Waals surface area contributed by atoms with Crippen molar-refractivity contribution >= 4 is 5.91 Å². The summed E-state index contributed by atoms with van der Waals surface area (Å²) in [5.41, 5.74) is 12.6. The van der Waals surface area contributed by atoms with Crippen LogP contribution in [-0.4, -0.2) is 5.91 Å². The number of hydrogen-bond acceptors (Lipinski definition) is 3. The van der Waals surface area contributed by atoms with Gasteiger partial charge in [0.05, 0.1) is 5.56 Å². The van der Waals surface area contributed by atoms with Gasteiger partial charge >= 0.3 is 0 Å². The van der Waals surface area contributed by atoms with Gasteiger partial charge in [-0.2, -0.15) is 0 Å². The van der Waals surface area contributed by atoms with Crippen LogP contribution in [0.1, 0.15) is 21.5 Å². The molecule has 0 aromatic heterocycles. The van der Waals surface area contributed by atoms with Gasteiger partial charge in [0, 0.05) is 6.54 Å². The number of benzene rings is 2. The van der Waals surface area contributed by atoms with Crippen molar-refractivity contribution in [3.05, 3.63) is 65.0 Å². The number of halogens is 1. The Hall–Kier alpha value is -2.40. The Morgan fingerprint density at radius 2 is 1.90 bits per heavy atom. The van der Waals surface area contributed by atoms with Crippen LogP contribution in [0.15, 0.2) is 42.5 Å². The van der Waals surface area contributed by atoms with E-state index in [-0.39, 0.29) is 19.0 Å². The van der Waals surface area contributed by atoms with Gasteiger partial charge in [0.25, 0.3) is 5.91 Å². The molecule has 2 aromatic carbocycles. The summed E-state index contributed by atoms with van der Waals surface area (Å²) in [6, 6.07) is 11.0. The van der Waals surface area contributed by atoms with E-state index < -0.39 is 5.91 Å². The van der Waals surface area contributed by atoms with Crippen LogP contribution in [0, 0.1) is 5.82 Å². The van der Waals surface area contributed by atoms with Crippen LogP contribution in [0.3, 0.4) is 0 Å². The topological polar surface area (TPSA) is 78.3 Å². The molecule has 20 heavy (non-hydrogen) atoms. The van der Waals surface area contributed by atoms with Crippen LogP contribution >= 0.6 is 0 Å². The van der Waals surface area contributed by atoms with Crippen molar-refractivity contribution in [3.63, 3.8) is 0 Å². The Balaban J connectivity index is 2.21. The first-order chi connectivity index (χ1) is 9.61. The summed E-state index contributed by atoms with van der Waals surface area (Å²) in [6.07, 6.45) is 0. The van der Waals surface area contributed by atoms with E-state index >= 15 is 0 Å². The van der Waals surface area contributed by atoms with E-state index in [4.69, 9.17) is 16.2 Å². The predicted octanol–water partition coefficient (Wildman–Crippen LogP) is 1.96. The van der Waals surface area contributed by atoms with Crippen LogP contribution in [0.4, 0.5) is 4.39 Å². The first-order valence-corrected chi connectivity index (χ1v) is 6.11. The summed E-state index contributed by atoms with van der Waals surface area (Å²) in [5, 5.41) is 0. The minimum absolute atomic E-state index is 0.120. The lowest BCUT2D eigenvalue weighted by Crippen LogP contribution is -2.13. The average Bonchev–Trinajstić information content (AvgIpc) is 2.45.